The quantitative estimate of drug-likeness (QED) is 0.521. The summed E-state index contributed by atoms with van der Waals surface area (Å²) in [5.41, 5.74) is 3.11. The lowest BCUT2D eigenvalue weighted by molar-refractivity contribution is 0.0695. The molecule has 3 aromatic heterocycles. The van der Waals surface area contributed by atoms with Gasteiger partial charge in [-0.05, 0) is 54.8 Å². The number of aryl methyl sites for hydroxylation is 1. The van der Waals surface area contributed by atoms with Crippen molar-refractivity contribution in [2.75, 3.05) is 13.1 Å². The molecule has 152 valence electrons. The minimum absolute atomic E-state index is 0.0457. The van der Waals surface area contributed by atoms with Crippen LogP contribution in [-0.2, 0) is 7.05 Å². The summed E-state index contributed by atoms with van der Waals surface area (Å²) < 4.78 is 17.2. The second kappa shape index (κ2) is 7.40. The summed E-state index contributed by atoms with van der Waals surface area (Å²) in [5.74, 6) is 0.623. The second-order valence-electron chi connectivity index (χ2n) is 7.80. The molecule has 0 radical (unpaired) electrons. The Balaban J connectivity index is 1.40. The number of likely N-dealkylation sites (tertiary alicyclic amines) is 1. The molecular weight excluding hydrogens is 381 g/mol. The first-order valence-electron chi connectivity index (χ1n) is 10.1. The zero-order valence-corrected chi connectivity index (χ0v) is 16.7. The number of rotatable bonds is 3. The average molecular weight is 403 g/mol. The molecule has 5 rings (SSSR count). The smallest absolute Gasteiger partial charge is 0.270 e. The molecule has 1 aliphatic heterocycles. The van der Waals surface area contributed by atoms with Crippen LogP contribution in [-0.4, -0.2) is 43.1 Å². The van der Waals surface area contributed by atoms with Crippen LogP contribution in [0.2, 0.25) is 0 Å². The molecule has 1 fully saturated rings. The third-order valence-electron chi connectivity index (χ3n) is 5.74. The van der Waals surface area contributed by atoms with Gasteiger partial charge in [0.15, 0.2) is 11.5 Å². The Morgan fingerprint density at radius 2 is 2.03 bits per heavy atom. The van der Waals surface area contributed by atoms with E-state index in [1.54, 1.807) is 10.6 Å². The average Bonchev–Trinajstić information content (AvgIpc) is 3.39. The van der Waals surface area contributed by atoms with Crippen molar-refractivity contribution in [1.82, 2.24) is 24.1 Å². The van der Waals surface area contributed by atoms with E-state index in [0.717, 1.165) is 42.0 Å². The molecule has 0 N–H and O–H groups in total. The van der Waals surface area contributed by atoms with Crippen LogP contribution in [0, 0.1) is 5.82 Å². The fourth-order valence-electron chi connectivity index (χ4n) is 4.13. The van der Waals surface area contributed by atoms with Gasteiger partial charge in [0.25, 0.3) is 5.91 Å². The van der Waals surface area contributed by atoms with Gasteiger partial charge in [-0.3, -0.25) is 4.79 Å². The topological polar surface area (TPSA) is 55.4 Å². The Bertz CT molecular complexity index is 1230. The standard InChI is InChI=1S/C23H22FN5O/c1-27-11-4-8-20(27)23(30)28-12-3-6-18(14-28)22-25-21-10-9-17(15-29(21)26-22)16-5-2-7-19(24)13-16/h2,4-5,7-11,13,15,18H,3,6,12,14H2,1H3/t18-/m0/s1. The van der Waals surface area contributed by atoms with Gasteiger partial charge < -0.3 is 9.47 Å². The minimum Gasteiger partial charge on any atom is -0.347 e. The summed E-state index contributed by atoms with van der Waals surface area (Å²) >= 11 is 0. The van der Waals surface area contributed by atoms with E-state index in [1.165, 1.54) is 12.1 Å². The molecule has 1 saturated heterocycles. The molecule has 0 bridgehead atoms. The fourth-order valence-corrected chi connectivity index (χ4v) is 4.13. The SMILES string of the molecule is Cn1cccc1C(=O)N1CCC[C@H](c2nc3ccc(-c4cccc(F)c4)cn3n2)C1. The van der Waals surface area contributed by atoms with E-state index in [1.807, 2.05) is 59.2 Å². The van der Waals surface area contributed by atoms with Gasteiger partial charge in [0.2, 0.25) is 0 Å². The number of amides is 1. The maximum absolute atomic E-state index is 13.6. The Morgan fingerprint density at radius 3 is 2.83 bits per heavy atom. The van der Waals surface area contributed by atoms with E-state index in [4.69, 9.17) is 4.98 Å². The van der Waals surface area contributed by atoms with Crippen molar-refractivity contribution in [2.24, 2.45) is 7.05 Å². The molecular formula is C23H22FN5O. The summed E-state index contributed by atoms with van der Waals surface area (Å²) in [5, 5.41) is 4.69. The molecule has 6 nitrogen and oxygen atoms in total. The molecule has 30 heavy (non-hydrogen) atoms. The summed E-state index contributed by atoms with van der Waals surface area (Å²) in [4.78, 5) is 19.5. The number of fused-ring (bicyclic) bond motifs is 1. The number of nitrogens with zero attached hydrogens (tertiary/aromatic N) is 5. The molecule has 1 aliphatic rings. The van der Waals surface area contributed by atoms with Gasteiger partial charge >= 0.3 is 0 Å². The van der Waals surface area contributed by atoms with Gasteiger partial charge in [-0.15, -0.1) is 0 Å². The summed E-state index contributed by atoms with van der Waals surface area (Å²) in [6, 6.07) is 14.1. The van der Waals surface area contributed by atoms with Crippen LogP contribution in [0.4, 0.5) is 4.39 Å². The first kappa shape index (κ1) is 18.5. The van der Waals surface area contributed by atoms with Gasteiger partial charge in [0.1, 0.15) is 11.5 Å². The number of benzene rings is 1. The number of piperidine rings is 1. The highest BCUT2D eigenvalue weighted by atomic mass is 19.1. The van der Waals surface area contributed by atoms with Gasteiger partial charge in [-0.2, -0.15) is 5.10 Å². The maximum atomic E-state index is 13.6. The van der Waals surface area contributed by atoms with Gasteiger partial charge in [0, 0.05) is 44.0 Å². The number of carbonyl (C=O) groups excluding carboxylic acids is 1. The van der Waals surface area contributed by atoms with E-state index < -0.39 is 0 Å². The van der Waals surface area contributed by atoms with Crippen LogP contribution in [0.15, 0.2) is 60.9 Å². The van der Waals surface area contributed by atoms with E-state index >= 15 is 0 Å². The van der Waals surface area contributed by atoms with E-state index in [2.05, 4.69) is 5.10 Å². The molecule has 1 amide bonds. The van der Waals surface area contributed by atoms with Gasteiger partial charge in [-0.25, -0.2) is 13.9 Å². The zero-order chi connectivity index (χ0) is 20.7. The number of hydrogen-bond donors (Lipinski definition) is 0. The van der Waals surface area contributed by atoms with Gasteiger partial charge in [0.05, 0.1) is 0 Å². The number of aromatic nitrogens is 4. The highest BCUT2D eigenvalue weighted by Crippen LogP contribution is 2.27. The fraction of sp³-hybridized carbons (Fsp3) is 0.261. The molecule has 1 aromatic carbocycles. The van der Waals surface area contributed by atoms with Crippen molar-refractivity contribution in [3.63, 3.8) is 0 Å². The van der Waals surface area contributed by atoms with Crippen LogP contribution < -0.4 is 0 Å². The third kappa shape index (κ3) is 3.36. The highest BCUT2D eigenvalue weighted by Gasteiger charge is 2.28. The second-order valence-corrected chi connectivity index (χ2v) is 7.80. The number of carbonyl (C=O) groups is 1. The first-order chi connectivity index (χ1) is 14.6. The van der Waals surface area contributed by atoms with Crippen LogP contribution in [0.3, 0.4) is 0 Å². The van der Waals surface area contributed by atoms with Crippen molar-refractivity contribution >= 4 is 11.6 Å². The predicted octanol–water partition coefficient (Wildman–Crippen LogP) is 3.89. The lowest BCUT2D eigenvalue weighted by atomic mass is 9.97. The van der Waals surface area contributed by atoms with E-state index in [9.17, 15) is 9.18 Å². The Hall–Kier alpha value is -3.48. The van der Waals surface area contributed by atoms with Crippen molar-refractivity contribution in [3.8, 4) is 11.1 Å². The Morgan fingerprint density at radius 1 is 1.13 bits per heavy atom. The largest absolute Gasteiger partial charge is 0.347 e. The first-order valence-corrected chi connectivity index (χ1v) is 10.1. The molecule has 1 atom stereocenters. The predicted molar refractivity (Wildman–Crippen MR) is 112 cm³/mol. The van der Waals surface area contributed by atoms with Crippen LogP contribution in [0.25, 0.3) is 16.8 Å². The summed E-state index contributed by atoms with van der Waals surface area (Å²) in [6.45, 7) is 1.36. The zero-order valence-electron chi connectivity index (χ0n) is 16.7. The molecule has 0 aliphatic carbocycles. The number of hydrogen-bond acceptors (Lipinski definition) is 3. The Labute approximate surface area is 173 Å². The Kier molecular flexibility index (Phi) is 4.58. The summed E-state index contributed by atoms with van der Waals surface area (Å²) in [7, 11) is 1.88. The van der Waals surface area contributed by atoms with E-state index in [-0.39, 0.29) is 17.6 Å². The number of halogens is 1. The maximum Gasteiger partial charge on any atom is 0.270 e. The molecule has 0 saturated carbocycles. The lowest BCUT2D eigenvalue weighted by Gasteiger charge is -2.31. The third-order valence-corrected chi connectivity index (χ3v) is 5.74. The molecule has 0 unspecified atom stereocenters. The molecule has 4 aromatic rings. The van der Waals surface area contributed by atoms with Crippen molar-refractivity contribution in [1.29, 1.82) is 0 Å². The van der Waals surface area contributed by atoms with Crippen LogP contribution in [0.1, 0.15) is 35.1 Å². The monoisotopic (exact) mass is 403 g/mol. The van der Waals surface area contributed by atoms with Crippen molar-refractivity contribution in [3.05, 3.63) is 78.3 Å². The normalized spacial score (nSPS) is 16.9. The summed E-state index contributed by atoms with van der Waals surface area (Å²) in [6.07, 6.45) is 5.63. The highest BCUT2D eigenvalue weighted by molar-refractivity contribution is 5.92. The molecule has 4 heterocycles. The lowest BCUT2D eigenvalue weighted by Crippen LogP contribution is -2.40. The molecule has 0 spiro atoms. The van der Waals surface area contributed by atoms with Crippen molar-refractivity contribution in [2.45, 2.75) is 18.8 Å². The van der Waals surface area contributed by atoms with Crippen LogP contribution in [0.5, 0.6) is 0 Å². The van der Waals surface area contributed by atoms with Gasteiger partial charge in [-0.1, -0.05) is 12.1 Å². The van der Waals surface area contributed by atoms with E-state index in [0.29, 0.717) is 12.2 Å². The molecule has 7 heteroatoms. The van der Waals surface area contributed by atoms with Crippen molar-refractivity contribution < 1.29 is 9.18 Å². The minimum atomic E-state index is -0.267. The number of pyridine rings is 1. The van der Waals surface area contributed by atoms with Crippen LogP contribution >= 0.6 is 0 Å².